The third-order valence-corrected chi connectivity index (χ3v) is 2.40. The first-order chi connectivity index (χ1) is 7.61. The average Bonchev–Trinajstić information content (AvgIpc) is 2.62. The van der Waals surface area contributed by atoms with E-state index >= 15 is 0 Å². The van der Waals surface area contributed by atoms with Crippen LogP contribution in [0.4, 0.5) is 0 Å². The third kappa shape index (κ3) is 4.81. The molecule has 16 heavy (non-hydrogen) atoms. The van der Waals surface area contributed by atoms with Crippen LogP contribution in [0.1, 0.15) is 38.5 Å². The second-order valence-electron chi connectivity index (χ2n) is 4.70. The molecule has 1 atom stereocenters. The maximum atomic E-state index is 5.72. The van der Waals surface area contributed by atoms with Crippen LogP contribution in [0.3, 0.4) is 0 Å². The summed E-state index contributed by atoms with van der Waals surface area (Å²) < 4.78 is 11.1. The van der Waals surface area contributed by atoms with Gasteiger partial charge in [0.15, 0.2) is 0 Å². The van der Waals surface area contributed by atoms with Crippen LogP contribution in [0.2, 0.25) is 0 Å². The van der Waals surface area contributed by atoms with Crippen molar-refractivity contribution in [3.05, 3.63) is 23.7 Å². The van der Waals surface area contributed by atoms with Crippen LogP contribution in [0.15, 0.2) is 16.7 Å². The lowest BCUT2D eigenvalue weighted by Crippen LogP contribution is -2.10. The smallest absolute Gasteiger partial charge is 0.129 e. The van der Waals surface area contributed by atoms with Crippen molar-refractivity contribution >= 4 is 0 Å². The van der Waals surface area contributed by atoms with E-state index in [0.717, 1.165) is 24.3 Å². The van der Waals surface area contributed by atoms with Crippen molar-refractivity contribution in [3.8, 4) is 0 Å². The molecule has 0 aliphatic rings. The standard InChI is InChI=1S/C13H23NO2/c1-10(2)5-11(3)15-9-13-6-12(7-14-4)8-16-13/h6,8,10-11,14H,5,7,9H2,1-4H3. The lowest BCUT2D eigenvalue weighted by molar-refractivity contribution is 0.0303. The largest absolute Gasteiger partial charge is 0.467 e. The molecular weight excluding hydrogens is 202 g/mol. The van der Waals surface area contributed by atoms with Crippen molar-refractivity contribution in [2.75, 3.05) is 7.05 Å². The first-order valence-electron chi connectivity index (χ1n) is 5.94. The number of hydrogen-bond donors (Lipinski definition) is 1. The van der Waals surface area contributed by atoms with E-state index in [4.69, 9.17) is 9.15 Å². The molecule has 3 heteroatoms. The second kappa shape index (κ2) is 6.71. The zero-order valence-electron chi connectivity index (χ0n) is 10.7. The molecule has 0 radical (unpaired) electrons. The van der Waals surface area contributed by atoms with Gasteiger partial charge in [-0.25, -0.2) is 0 Å². The molecule has 1 rings (SSSR count). The van der Waals surface area contributed by atoms with Gasteiger partial charge in [0, 0.05) is 12.1 Å². The van der Waals surface area contributed by atoms with E-state index in [0.29, 0.717) is 12.5 Å². The molecule has 92 valence electrons. The van der Waals surface area contributed by atoms with E-state index in [1.165, 1.54) is 0 Å². The summed E-state index contributed by atoms with van der Waals surface area (Å²) in [6.07, 6.45) is 3.16. The van der Waals surface area contributed by atoms with Crippen LogP contribution >= 0.6 is 0 Å². The van der Waals surface area contributed by atoms with E-state index in [1.807, 2.05) is 13.1 Å². The Morgan fingerprint density at radius 3 is 2.75 bits per heavy atom. The highest BCUT2D eigenvalue weighted by Crippen LogP contribution is 2.13. The Hall–Kier alpha value is -0.800. The maximum absolute atomic E-state index is 5.72. The van der Waals surface area contributed by atoms with Gasteiger partial charge in [0.25, 0.3) is 0 Å². The Bertz CT molecular complexity index is 294. The molecular formula is C13H23NO2. The van der Waals surface area contributed by atoms with Crippen LogP contribution < -0.4 is 5.32 Å². The van der Waals surface area contributed by atoms with Crippen LogP contribution in [0, 0.1) is 5.92 Å². The highest BCUT2D eigenvalue weighted by molar-refractivity contribution is 5.11. The predicted molar refractivity (Wildman–Crippen MR) is 65.2 cm³/mol. The van der Waals surface area contributed by atoms with Crippen LogP contribution in [-0.2, 0) is 17.9 Å². The lowest BCUT2D eigenvalue weighted by atomic mass is 10.1. The molecule has 0 fully saturated rings. The topological polar surface area (TPSA) is 34.4 Å². The Morgan fingerprint density at radius 2 is 2.12 bits per heavy atom. The van der Waals surface area contributed by atoms with Gasteiger partial charge >= 0.3 is 0 Å². The summed E-state index contributed by atoms with van der Waals surface area (Å²) in [5.74, 6) is 1.58. The average molecular weight is 225 g/mol. The van der Waals surface area contributed by atoms with Gasteiger partial charge in [0.05, 0.1) is 12.4 Å². The molecule has 0 aliphatic heterocycles. The van der Waals surface area contributed by atoms with E-state index in [-0.39, 0.29) is 6.10 Å². The quantitative estimate of drug-likeness (QED) is 0.774. The molecule has 0 saturated heterocycles. The molecule has 0 aliphatic carbocycles. The first-order valence-corrected chi connectivity index (χ1v) is 5.94. The Balaban J connectivity index is 2.30. The molecule has 1 aromatic rings. The molecule has 0 amide bonds. The summed E-state index contributed by atoms with van der Waals surface area (Å²) in [7, 11) is 1.92. The molecule has 1 aromatic heterocycles. The van der Waals surface area contributed by atoms with Crippen molar-refractivity contribution in [2.24, 2.45) is 5.92 Å². The number of furan rings is 1. The molecule has 3 nitrogen and oxygen atoms in total. The molecule has 0 spiro atoms. The summed E-state index contributed by atoms with van der Waals surface area (Å²) in [6.45, 7) is 7.93. The minimum atomic E-state index is 0.290. The predicted octanol–water partition coefficient (Wildman–Crippen LogP) is 2.95. The van der Waals surface area contributed by atoms with Crippen molar-refractivity contribution in [3.63, 3.8) is 0 Å². The summed E-state index contributed by atoms with van der Waals surface area (Å²) in [6, 6.07) is 2.04. The number of rotatable bonds is 7. The van der Waals surface area contributed by atoms with Crippen LogP contribution in [0.25, 0.3) is 0 Å². The summed E-state index contributed by atoms with van der Waals surface area (Å²) in [4.78, 5) is 0. The minimum Gasteiger partial charge on any atom is -0.467 e. The summed E-state index contributed by atoms with van der Waals surface area (Å²) in [5, 5.41) is 3.09. The fourth-order valence-electron chi connectivity index (χ4n) is 1.75. The zero-order valence-corrected chi connectivity index (χ0v) is 10.7. The Labute approximate surface area is 98.2 Å². The van der Waals surface area contributed by atoms with E-state index < -0.39 is 0 Å². The van der Waals surface area contributed by atoms with Gasteiger partial charge in [0.2, 0.25) is 0 Å². The molecule has 0 aromatic carbocycles. The summed E-state index contributed by atoms with van der Waals surface area (Å²) in [5.41, 5.74) is 1.16. The fraction of sp³-hybridized carbons (Fsp3) is 0.692. The van der Waals surface area contributed by atoms with Gasteiger partial charge in [-0.1, -0.05) is 13.8 Å². The second-order valence-corrected chi connectivity index (χ2v) is 4.70. The number of nitrogens with one attached hydrogen (secondary N) is 1. The zero-order chi connectivity index (χ0) is 12.0. The highest BCUT2D eigenvalue weighted by Gasteiger charge is 2.07. The molecule has 0 bridgehead atoms. The van der Waals surface area contributed by atoms with Gasteiger partial charge < -0.3 is 14.5 Å². The van der Waals surface area contributed by atoms with Crippen LogP contribution in [-0.4, -0.2) is 13.2 Å². The molecule has 1 N–H and O–H groups in total. The van der Waals surface area contributed by atoms with E-state index in [9.17, 15) is 0 Å². The fourth-order valence-corrected chi connectivity index (χ4v) is 1.75. The number of ether oxygens (including phenoxy) is 1. The van der Waals surface area contributed by atoms with Crippen molar-refractivity contribution in [1.29, 1.82) is 0 Å². The maximum Gasteiger partial charge on any atom is 0.129 e. The van der Waals surface area contributed by atoms with Gasteiger partial charge in [0.1, 0.15) is 12.4 Å². The minimum absolute atomic E-state index is 0.290. The van der Waals surface area contributed by atoms with Crippen molar-refractivity contribution in [2.45, 2.75) is 46.4 Å². The molecule has 0 saturated carbocycles. The Kier molecular flexibility index (Phi) is 5.56. The molecule has 1 unspecified atom stereocenters. The van der Waals surface area contributed by atoms with Gasteiger partial charge in [-0.05, 0) is 32.4 Å². The monoisotopic (exact) mass is 225 g/mol. The normalized spacial score (nSPS) is 13.3. The van der Waals surface area contributed by atoms with Gasteiger partial charge in [-0.15, -0.1) is 0 Å². The van der Waals surface area contributed by atoms with Crippen LogP contribution in [0.5, 0.6) is 0 Å². The third-order valence-electron chi connectivity index (χ3n) is 2.40. The number of hydrogen-bond acceptors (Lipinski definition) is 3. The van der Waals surface area contributed by atoms with E-state index in [2.05, 4.69) is 26.1 Å². The lowest BCUT2D eigenvalue weighted by Gasteiger charge is -2.13. The van der Waals surface area contributed by atoms with Gasteiger partial charge in [-0.2, -0.15) is 0 Å². The Morgan fingerprint density at radius 1 is 1.38 bits per heavy atom. The first kappa shape index (κ1) is 13.3. The summed E-state index contributed by atoms with van der Waals surface area (Å²) >= 11 is 0. The van der Waals surface area contributed by atoms with Gasteiger partial charge in [-0.3, -0.25) is 0 Å². The highest BCUT2D eigenvalue weighted by atomic mass is 16.5. The van der Waals surface area contributed by atoms with Crippen molar-refractivity contribution < 1.29 is 9.15 Å². The SMILES string of the molecule is CNCc1coc(COC(C)CC(C)C)c1. The van der Waals surface area contributed by atoms with Crippen molar-refractivity contribution in [1.82, 2.24) is 5.32 Å². The van der Waals surface area contributed by atoms with E-state index in [1.54, 1.807) is 6.26 Å². The molecule has 1 heterocycles.